The Morgan fingerprint density at radius 1 is 1.03 bits per heavy atom. The standard InChI is InChI=1S/C24H26N8O/c1-3-32-16-20(15-26-32)17-4-5-21-19(12-17)13-22(29-28-21)27-24(33)18-6-7-25-23(14-18)31-10-8-30(2)9-11-31/h4-7,12-16H,3,8-11H2,1-2H3,(H,27,29,33). The molecule has 0 spiro atoms. The Hall–Kier alpha value is -3.85. The number of hydrogen-bond acceptors (Lipinski definition) is 7. The maximum Gasteiger partial charge on any atom is 0.257 e. The Labute approximate surface area is 192 Å². The molecule has 168 valence electrons. The second-order valence-corrected chi connectivity index (χ2v) is 8.24. The third-order valence-corrected chi connectivity index (χ3v) is 5.95. The molecule has 0 aliphatic carbocycles. The van der Waals surface area contributed by atoms with Crippen molar-refractivity contribution >= 4 is 28.4 Å². The number of piperazine rings is 1. The molecular weight excluding hydrogens is 416 g/mol. The van der Waals surface area contributed by atoms with E-state index in [4.69, 9.17) is 0 Å². The van der Waals surface area contributed by atoms with Gasteiger partial charge in [-0.1, -0.05) is 6.07 Å². The number of carbonyl (C=O) groups is 1. The van der Waals surface area contributed by atoms with Gasteiger partial charge in [0.2, 0.25) is 0 Å². The number of aryl methyl sites for hydroxylation is 1. The maximum absolute atomic E-state index is 12.9. The van der Waals surface area contributed by atoms with E-state index in [2.05, 4.69) is 49.4 Å². The van der Waals surface area contributed by atoms with Crippen molar-refractivity contribution in [2.45, 2.75) is 13.5 Å². The molecule has 4 aromatic rings. The van der Waals surface area contributed by atoms with Crippen molar-refractivity contribution in [1.82, 2.24) is 29.9 Å². The Morgan fingerprint density at radius 2 is 1.88 bits per heavy atom. The zero-order valence-corrected chi connectivity index (χ0v) is 18.8. The molecule has 1 N–H and O–H groups in total. The molecule has 3 aromatic heterocycles. The Morgan fingerprint density at radius 3 is 2.67 bits per heavy atom. The van der Waals surface area contributed by atoms with Crippen LogP contribution in [-0.4, -0.2) is 69.0 Å². The van der Waals surface area contributed by atoms with E-state index in [9.17, 15) is 4.79 Å². The van der Waals surface area contributed by atoms with Crippen LogP contribution in [0.4, 0.5) is 11.6 Å². The third-order valence-electron chi connectivity index (χ3n) is 5.95. The van der Waals surface area contributed by atoms with E-state index in [-0.39, 0.29) is 5.91 Å². The largest absolute Gasteiger partial charge is 0.354 e. The molecular formula is C24H26N8O. The number of pyridine rings is 1. The van der Waals surface area contributed by atoms with Gasteiger partial charge in [-0.05, 0) is 49.9 Å². The fourth-order valence-corrected chi connectivity index (χ4v) is 3.93. The molecule has 1 aromatic carbocycles. The van der Waals surface area contributed by atoms with E-state index in [0.29, 0.717) is 11.4 Å². The zero-order chi connectivity index (χ0) is 22.8. The number of hydrogen-bond donors (Lipinski definition) is 1. The minimum absolute atomic E-state index is 0.234. The van der Waals surface area contributed by atoms with Gasteiger partial charge in [-0.3, -0.25) is 9.48 Å². The molecule has 5 rings (SSSR count). The number of carbonyl (C=O) groups excluding carboxylic acids is 1. The van der Waals surface area contributed by atoms with Crippen LogP contribution in [0.3, 0.4) is 0 Å². The molecule has 0 bridgehead atoms. The van der Waals surface area contributed by atoms with Gasteiger partial charge in [-0.2, -0.15) is 5.10 Å². The van der Waals surface area contributed by atoms with Crippen LogP contribution in [0.15, 0.2) is 55.0 Å². The monoisotopic (exact) mass is 442 g/mol. The summed E-state index contributed by atoms with van der Waals surface area (Å²) >= 11 is 0. The highest BCUT2D eigenvalue weighted by Crippen LogP contribution is 2.24. The highest BCUT2D eigenvalue weighted by molar-refractivity contribution is 6.04. The molecule has 1 saturated heterocycles. The first-order valence-corrected chi connectivity index (χ1v) is 11.1. The lowest BCUT2D eigenvalue weighted by molar-refractivity contribution is 0.102. The summed E-state index contributed by atoms with van der Waals surface area (Å²) in [7, 11) is 2.11. The molecule has 1 fully saturated rings. The van der Waals surface area contributed by atoms with Crippen molar-refractivity contribution in [1.29, 1.82) is 0 Å². The normalized spacial score (nSPS) is 14.5. The van der Waals surface area contributed by atoms with Crippen molar-refractivity contribution in [3.05, 3.63) is 60.6 Å². The zero-order valence-electron chi connectivity index (χ0n) is 18.8. The molecule has 0 saturated carbocycles. The molecule has 1 aliphatic heterocycles. The summed E-state index contributed by atoms with van der Waals surface area (Å²) in [5.41, 5.74) is 3.38. The van der Waals surface area contributed by atoms with Gasteiger partial charge in [0.05, 0.1) is 11.7 Å². The topological polar surface area (TPSA) is 92.1 Å². The van der Waals surface area contributed by atoms with Gasteiger partial charge in [-0.25, -0.2) is 4.98 Å². The number of aromatic nitrogens is 5. The van der Waals surface area contributed by atoms with Crippen molar-refractivity contribution in [3.63, 3.8) is 0 Å². The van der Waals surface area contributed by atoms with Gasteiger partial charge in [-0.15, -0.1) is 10.2 Å². The Kier molecular flexibility index (Phi) is 5.70. The number of fused-ring (bicyclic) bond motifs is 1. The van der Waals surface area contributed by atoms with Crippen LogP contribution in [0.25, 0.3) is 22.0 Å². The minimum atomic E-state index is -0.234. The molecule has 9 nitrogen and oxygen atoms in total. The summed E-state index contributed by atoms with van der Waals surface area (Å²) < 4.78 is 1.89. The molecule has 4 heterocycles. The second-order valence-electron chi connectivity index (χ2n) is 8.24. The number of likely N-dealkylation sites (N-methyl/N-ethyl adjacent to an activating group) is 1. The molecule has 33 heavy (non-hydrogen) atoms. The number of benzene rings is 1. The average molecular weight is 443 g/mol. The van der Waals surface area contributed by atoms with Crippen LogP contribution in [0.5, 0.6) is 0 Å². The molecule has 1 amide bonds. The fourth-order valence-electron chi connectivity index (χ4n) is 3.93. The highest BCUT2D eigenvalue weighted by Gasteiger charge is 2.17. The predicted octanol–water partition coefficient (Wildman–Crippen LogP) is 2.91. The first-order chi connectivity index (χ1) is 16.1. The average Bonchev–Trinajstić information content (AvgIpc) is 3.34. The lowest BCUT2D eigenvalue weighted by atomic mass is 10.1. The summed E-state index contributed by atoms with van der Waals surface area (Å²) in [6, 6.07) is 11.4. The van der Waals surface area contributed by atoms with E-state index in [0.717, 1.165) is 60.6 Å². The van der Waals surface area contributed by atoms with Crippen molar-refractivity contribution in [2.75, 3.05) is 43.4 Å². The third kappa shape index (κ3) is 4.54. The van der Waals surface area contributed by atoms with Crippen LogP contribution < -0.4 is 10.2 Å². The van der Waals surface area contributed by atoms with Crippen LogP contribution in [0.2, 0.25) is 0 Å². The maximum atomic E-state index is 12.9. The number of anilines is 2. The van der Waals surface area contributed by atoms with Crippen molar-refractivity contribution in [2.24, 2.45) is 0 Å². The second kappa shape index (κ2) is 8.95. The van der Waals surface area contributed by atoms with Gasteiger partial charge >= 0.3 is 0 Å². The first-order valence-electron chi connectivity index (χ1n) is 11.1. The number of rotatable bonds is 5. The minimum Gasteiger partial charge on any atom is -0.354 e. The van der Waals surface area contributed by atoms with Crippen LogP contribution in [-0.2, 0) is 6.54 Å². The number of nitrogens with one attached hydrogen (secondary N) is 1. The smallest absolute Gasteiger partial charge is 0.257 e. The van der Waals surface area contributed by atoms with Gasteiger partial charge in [0, 0.05) is 61.6 Å². The van der Waals surface area contributed by atoms with E-state index in [1.165, 1.54) is 0 Å². The summed E-state index contributed by atoms with van der Waals surface area (Å²) in [6.07, 6.45) is 5.54. The molecule has 9 heteroatoms. The molecule has 1 aliphatic rings. The molecule has 0 unspecified atom stereocenters. The lowest BCUT2D eigenvalue weighted by Crippen LogP contribution is -2.44. The Bertz CT molecular complexity index is 1290. The quantitative estimate of drug-likeness (QED) is 0.508. The van der Waals surface area contributed by atoms with E-state index in [1.54, 1.807) is 12.3 Å². The van der Waals surface area contributed by atoms with Gasteiger partial charge in [0.15, 0.2) is 5.82 Å². The van der Waals surface area contributed by atoms with Crippen LogP contribution in [0, 0.1) is 0 Å². The summed E-state index contributed by atoms with van der Waals surface area (Å²) in [4.78, 5) is 21.9. The first kappa shape index (κ1) is 21.0. The van der Waals surface area contributed by atoms with Crippen LogP contribution in [0.1, 0.15) is 17.3 Å². The highest BCUT2D eigenvalue weighted by atomic mass is 16.1. The Balaban J connectivity index is 1.35. The van der Waals surface area contributed by atoms with Gasteiger partial charge < -0.3 is 15.1 Å². The summed E-state index contributed by atoms with van der Waals surface area (Å²) in [6.45, 7) is 6.62. The predicted molar refractivity (Wildman–Crippen MR) is 128 cm³/mol. The number of amides is 1. The van der Waals surface area contributed by atoms with Gasteiger partial charge in [0.1, 0.15) is 5.82 Å². The van der Waals surface area contributed by atoms with Crippen molar-refractivity contribution in [3.8, 4) is 11.1 Å². The lowest BCUT2D eigenvalue weighted by Gasteiger charge is -2.33. The molecule has 0 atom stereocenters. The molecule has 0 radical (unpaired) electrons. The number of nitrogens with zero attached hydrogens (tertiary/aromatic N) is 7. The van der Waals surface area contributed by atoms with E-state index >= 15 is 0 Å². The van der Waals surface area contributed by atoms with Crippen LogP contribution >= 0.6 is 0 Å². The van der Waals surface area contributed by atoms with Gasteiger partial charge in [0.25, 0.3) is 5.91 Å². The summed E-state index contributed by atoms with van der Waals surface area (Å²) in [5.74, 6) is 0.992. The SMILES string of the molecule is CCn1cc(-c2ccc3nnc(NC(=O)c4ccnc(N5CCN(C)CC5)c4)cc3c2)cn1. The summed E-state index contributed by atoms with van der Waals surface area (Å²) in [5, 5.41) is 16.6. The van der Waals surface area contributed by atoms with E-state index < -0.39 is 0 Å². The van der Waals surface area contributed by atoms with E-state index in [1.807, 2.05) is 47.4 Å². The fraction of sp³-hybridized carbons (Fsp3) is 0.292. The van der Waals surface area contributed by atoms with Crippen molar-refractivity contribution < 1.29 is 4.79 Å².